The van der Waals surface area contributed by atoms with Crippen molar-refractivity contribution >= 4 is 32.8 Å². The normalized spacial score (nSPS) is 13.8. The number of aromatic nitrogens is 2. The van der Waals surface area contributed by atoms with Crippen molar-refractivity contribution in [2.45, 2.75) is 19.3 Å². The Labute approximate surface area is 225 Å². The van der Waals surface area contributed by atoms with Gasteiger partial charge in [-0.05, 0) is 36.4 Å². The molecule has 0 atom stereocenters. The summed E-state index contributed by atoms with van der Waals surface area (Å²) < 4.78 is 12.8. The van der Waals surface area contributed by atoms with Gasteiger partial charge >= 0.3 is 0 Å². The van der Waals surface area contributed by atoms with Crippen molar-refractivity contribution in [3.63, 3.8) is 0 Å². The van der Waals surface area contributed by atoms with E-state index in [1.165, 1.54) is 5.56 Å². The molecule has 0 radical (unpaired) electrons. The minimum absolute atomic E-state index is 0.216. The Morgan fingerprint density at radius 3 is 2.28 bits per heavy atom. The molecule has 0 saturated heterocycles. The molecule has 0 bridgehead atoms. The van der Waals surface area contributed by atoms with Crippen LogP contribution in [0.3, 0.4) is 0 Å². The Morgan fingerprint density at radius 1 is 0.615 bits per heavy atom. The highest BCUT2D eigenvalue weighted by Gasteiger charge is 2.35. The van der Waals surface area contributed by atoms with Crippen LogP contribution >= 0.6 is 0 Å². The third-order valence-electron chi connectivity index (χ3n) is 7.96. The Morgan fingerprint density at radius 2 is 1.36 bits per heavy atom. The molecule has 0 fully saturated rings. The van der Waals surface area contributed by atoms with Gasteiger partial charge in [0, 0.05) is 38.3 Å². The molecular formula is C35H24N2O2. The van der Waals surface area contributed by atoms with Crippen LogP contribution in [0.5, 0.6) is 11.5 Å². The van der Waals surface area contributed by atoms with Gasteiger partial charge < -0.3 is 9.15 Å². The van der Waals surface area contributed by atoms with E-state index < -0.39 is 0 Å². The van der Waals surface area contributed by atoms with Gasteiger partial charge in [0.25, 0.3) is 0 Å². The fourth-order valence-electron chi connectivity index (χ4n) is 5.93. The van der Waals surface area contributed by atoms with E-state index >= 15 is 0 Å². The number of para-hydroxylation sites is 4. The Balaban J connectivity index is 1.36. The molecular weight excluding hydrogens is 480 g/mol. The second kappa shape index (κ2) is 8.02. The third-order valence-corrected chi connectivity index (χ3v) is 7.96. The lowest BCUT2D eigenvalue weighted by atomic mass is 9.75. The van der Waals surface area contributed by atoms with Crippen molar-refractivity contribution in [2.75, 3.05) is 0 Å². The van der Waals surface area contributed by atoms with Crippen molar-refractivity contribution < 1.29 is 9.15 Å². The van der Waals surface area contributed by atoms with Gasteiger partial charge in [-0.2, -0.15) is 0 Å². The number of nitrogens with zero attached hydrogens (tertiary/aromatic N) is 2. The summed E-state index contributed by atoms with van der Waals surface area (Å²) in [6.45, 7) is 4.48. The van der Waals surface area contributed by atoms with Crippen molar-refractivity contribution in [3.05, 3.63) is 120 Å². The van der Waals surface area contributed by atoms with Gasteiger partial charge in [0.15, 0.2) is 5.82 Å². The Kier molecular flexibility index (Phi) is 4.54. The van der Waals surface area contributed by atoms with Crippen LogP contribution < -0.4 is 4.74 Å². The first-order valence-corrected chi connectivity index (χ1v) is 13.2. The van der Waals surface area contributed by atoms with Gasteiger partial charge in [0.05, 0.1) is 16.8 Å². The van der Waals surface area contributed by atoms with Crippen molar-refractivity contribution in [2.24, 2.45) is 0 Å². The minimum Gasteiger partial charge on any atom is -0.456 e. The van der Waals surface area contributed by atoms with Gasteiger partial charge in [-0.1, -0.05) is 86.6 Å². The average molecular weight is 505 g/mol. The van der Waals surface area contributed by atoms with Gasteiger partial charge in [-0.25, -0.2) is 9.97 Å². The van der Waals surface area contributed by atoms with Crippen LogP contribution in [-0.4, -0.2) is 9.97 Å². The summed E-state index contributed by atoms with van der Waals surface area (Å²) in [6.07, 6.45) is 0. The van der Waals surface area contributed by atoms with E-state index in [-0.39, 0.29) is 5.41 Å². The maximum Gasteiger partial charge on any atom is 0.164 e. The van der Waals surface area contributed by atoms with Gasteiger partial charge in [0.1, 0.15) is 22.7 Å². The summed E-state index contributed by atoms with van der Waals surface area (Å²) in [4.78, 5) is 10.2. The van der Waals surface area contributed by atoms with Gasteiger partial charge in [-0.3, -0.25) is 0 Å². The molecule has 0 amide bonds. The fraction of sp³-hybridized carbons (Fsp3) is 0.0857. The molecule has 0 spiro atoms. The second-order valence-electron chi connectivity index (χ2n) is 10.6. The summed E-state index contributed by atoms with van der Waals surface area (Å²) in [5.41, 5.74) is 7.43. The highest BCUT2D eigenvalue weighted by molar-refractivity contribution is 6.06. The van der Waals surface area contributed by atoms with E-state index in [2.05, 4.69) is 74.5 Å². The van der Waals surface area contributed by atoms with Crippen LogP contribution in [0.25, 0.3) is 55.5 Å². The highest BCUT2D eigenvalue weighted by Crippen LogP contribution is 2.51. The molecule has 1 aliphatic rings. The summed E-state index contributed by atoms with van der Waals surface area (Å²) in [5, 5.41) is 3.20. The SMILES string of the molecule is CC1(C)c2ccccc2Oc2c(-c3nc(-c4ccc5c(c4)oc4ccccc45)c4ccccc4n3)cccc21. The molecule has 4 nitrogen and oxygen atoms in total. The van der Waals surface area contributed by atoms with E-state index in [9.17, 15) is 0 Å². The van der Waals surface area contributed by atoms with Crippen molar-refractivity contribution in [3.8, 4) is 34.1 Å². The van der Waals surface area contributed by atoms with Crippen LogP contribution in [0.2, 0.25) is 0 Å². The van der Waals surface area contributed by atoms with E-state index in [1.54, 1.807) is 0 Å². The number of benzene rings is 5. The maximum absolute atomic E-state index is 6.55. The number of hydrogen-bond donors (Lipinski definition) is 0. The first-order valence-electron chi connectivity index (χ1n) is 13.2. The predicted octanol–water partition coefficient (Wildman–Crippen LogP) is 9.29. The quantitative estimate of drug-likeness (QED) is 0.235. The predicted molar refractivity (Wildman–Crippen MR) is 156 cm³/mol. The van der Waals surface area contributed by atoms with Crippen LogP contribution in [-0.2, 0) is 5.41 Å². The zero-order valence-electron chi connectivity index (χ0n) is 21.6. The first kappa shape index (κ1) is 22.1. The van der Waals surface area contributed by atoms with E-state index in [1.807, 2.05) is 48.5 Å². The van der Waals surface area contributed by atoms with E-state index in [0.717, 1.165) is 66.7 Å². The fourth-order valence-corrected chi connectivity index (χ4v) is 5.93. The minimum atomic E-state index is -0.216. The van der Waals surface area contributed by atoms with E-state index in [0.29, 0.717) is 5.82 Å². The molecule has 5 aromatic carbocycles. The molecule has 0 unspecified atom stereocenters. The smallest absolute Gasteiger partial charge is 0.164 e. The first-order chi connectivity index (χ1) is 19.1. The molecule has 0 N–H and O–H groups in total. The molecule has 7 aromatic rings. The van der Waals surface area contributed by atoms with Gasteiger partial charge in [0.2, 0.25) is 0 Å². The zero-order chi connectivity index (χ0) is 26.1. The van der Waals surface area contributed by atoms with Crippen LogP contribution in [0.15, 0.2) is 114 Å². The molecule has 8 rings (SSSR count). The summed E-state index contributed by atoms with van der Waals surface area (Å²) in [7, 11) is 0. The number of rotatable bonds is 2. The van der Waals surface area contributed by atoms with Crippen LogP contribution in [0.1, 0.15) is 25.0 Å². The topological polar surface area (TPSA) is 48.2 Å². The monoisotopic (exact) mass is 504 g/mol. The number of hydrogen-bond acceptors (Lipinski definition) is 4. The number of ether oxygens (including phenoxy) is 1. The van der Waals surface area contributed by atoms with E-state index in [4.69, 9.17) is 19.1 Å². The zero-order valence-corrected chi connectivity index (χ0v) is 21.6. The summed E-state index contributed by atoms with van der Waals surface area (Å²) in [6, 6.07) is 37.2. The number of furan rings is 1. The summed E-state index contributed by atoms with van der Waals surface area (Å²) in [5.74, 6) is 2.33. The highest BCUT2D eigenvalue weighted by atomic mass is 16.5. The third kappa shape index (κ3) is 3.25. The maximum atomic E-state index is 6.55. The molecule has 186 valence electrons. The van der Waals surface area contributed by atoms with Crippen molar-refractivity contribution in [1.82, 2.24) is 9.97 Å². The molecule has 39 heavy (non-hydrogen) atoms. The molecule has 4 heteroatoms. The average Bonchev–Trinajstić information content (AvgIpc) is 3.34. The lowest BCUT2D eigenvalue weighted by Crippen LogP contribution is -2.24. The lowest BCUT2D eigenvalue weighted by Gasteiger charge is -2.35. The van der Waals surface area contributed by atoms with Gasteiger partial charge in [-0.15, -0.1) is 0 Å². The standard InChI is InChI=1S/C35H24N2O2/c1-35(2)26-13-5-8-17-30(26)39-33-25(12-9-14-27(33)35)34-36-28-15-6-3-11-24(28)32(37-34)21-18-19-23-22-10-4-7-16-29(22)38-31(23)20-21/h3-20H,1-2H3. The van der Waals surface area contributed by atoms with Crippen LogP contribution in [0.4, 0.5) is 0 Å². The molecule has 1 aliphatic heterocycles. The molecule has 0 saturated carbocycles. The summed E-state index contributed by atoms with van der Waals surface area (Å²) >= 11 is 0. The van der Waals surface area contributed by atoms with Crippen molar-refractivity contribution in [1.29, 1.82) is 0 Å². The second-order valence-corrected chi connectivity index (χ2v) is 10.6. The largest absolute Gasteiger partial charge is 0.456 e. The molecule has 3 heterocycles. The Bertz CT molecular complexity index is 2090. The van der Waals surface area contributed by atoms with Crippen LogP contribution in [0, 0.1) is 0 Å². The lowest BCUT2D eigenvalue weighted by molar-refractivity contribution is 0.419. The molecule has 2 aromatic heterocycles. The Hall–Kier alpha value is -4.96. The molecule has 0 aliphatic carbocycles. The number of fused-ring (bicyclic) bond motifs is 6.